The molecule has 0 aromatic rings. The summed E-state index contributed by atoms with van der Waals surface area (Å²) in [5, 5.41) is 3.32. The first-order chi connectivity index (χ1) is 8.24. The van der Waals surface area contributed by atoms with Gasteiger partial charge in [-0.05, 0) is 19.8 Å². The molecule has 1 unspecified atom stereocenters. The predicted octanol–water partition coefficient (Wildman–Crippen LogP) is 0.457. The van der Waals surface area contributed by atoms with Crippen molar-refractivity contribution in [2.24, 2.45) is 0 Å². The molecule has 1 saturated carbocycles. The van der Waals surface area contributed by atoms with Gasteiger partial charge < -0.3 is 10.2 Å². The van der Waals surface area contributed by atoms with Crippen molar-refractivity contribution in [1.29, 1.82) is 0 Å². The van der Waals surface area contributed by atoms with Crippen LogP contribution in [0.1, 0.15) is 19.8 Å². The van der Waals surface area contributed by atoms with Gasteiger partial charge in [-0.3, -0.25) is 9.69 Å². The van der Waals surface area contributed by atoms with Gasteiger partial charge in [-0.1, -0.05) is 6.08 Å². The van der Waals surface area contributed by atoms with Gasteiger partial charge in [0, 0.05) is 38.8 Å². The maximum Gasteiger partial charge on any atom is 0.240 e. The molecule has 4 nitrogen and oxygen atoms in total. The van der Waals surface area contributed by atoms with E-state index in [0.717, 1.165) is 39.0 Å². The zero-order valence-electron chi connectivity index (χ0n) is 10.7. The molecule has 0 bridgehead atoms. The molecular formula is C13H23N3O. The molecular weight excluding hydrogens is 214 g/mol. The molecule has 96 valence electrons. The van der Waals surface area contributed by atoms with Crippen LogP contribution in [-0.2, 0) is 4.79 Å². The number of nitrogens with one attached hydrogen (secondary N) is 1. The van der Waals surface area contributed by atoms with Crippen molar-refractivity contribution >= 4 is 5.91 Å². The summed E-state index contributed by atoms with van der Waals surface area (Å²) in [4.78, 5) is 16.7. The second-order valence-corrected chi connectivity index (χ2v) is 4.97. The molecule has 1 amide bonds. The summed E-state index contributed by atoms with van der Waals surface area (Å²) in [5.74, 6) is 0.273. The minimum absolute atomic E-state index is 0.0117. The zero-order chi connectivity index (χ0) is 12.3. The van der Waals surface area contributed by atoms with Gasteiger partial charge in [0.15, 0.2) is 0 Å². The van der Waals surface area contributed by atoms with Gasteiger partial charge in [0.2, 0.25) is 5.91 Å². The Morgan fingerprint density at radius 1 is 1.53 bits per heavy atom. The number of rotatable bonds is 5. The van der Waals surface area contributed by atoms with Crippen LogP contribution < -0.4 is 5.32 Å². The summed E-state index contributed by atoms with van der Waals surface area (Å²) in [5.41, 5.74) is 0. The van der Waals surface area contributed by atoms with E-state index >= 15 is 0 Å². The van der Waals surface area contributed by atoms with Crippen molar-refractivity contribution in [3.8, 4) is 0 Å². The molecule has 4 heteroatoms. The van der Waals surface area contributed by atoms with Gasteiger partial charge >= 0.3 is 0 Å². The third-order valence-electron chi connectivity index (χ3n) is 3.65. The summed E-state index contributed by atoms with van der Waals surface area (Å²) in [6, 6.07) is 0.489. The van der Waals surface area contributed by atoms with Gasteiger partial charge in [0.25, 0.3) is 0 Å². The smallest absolute Gasteiger partial charge is 0.240 e. The molecule has 1 atom stereocenters. The lowest BCUT2D eigenvalue weighted by molar-refractivity contribution is -0.136. The van der Waals surface area contributed by atoms with E-state index in [1.165, 1.54) is 0 Å². The molecule has 1 heterocycles. The molecule has 0 aromatic carbocycles. The fraction of sp³-hybridized carbons (Fsp3) is 0.769. The maximum absolute atomic E-state index is 12.4. The Morgan fingerprint density at radius 3 is 2.71 bits per heavy atom. The van der Waals surface area contributed by atoms with Crippen LogP contribution in [-0.4, -0.2) is 60.5 Å². The first-order valence-electron chi connectivity index (χ1n) is 6.60. The lowest BCUT2D eigenvalue weighted by Crippen LogP contribution is -2.53. The predicted molar refractivity (Wildman–Crippen MR) is 68.8 cm³/mol. The monoisotopic (exact) mass is 237 g/mol. The molecule has 1 N–H and O–H groups in total. The van der Waals surface area contributed by atoms with E-state index in [1.807, 2.05) is 17.9 Å². The third-order valence-corrected chi connectivity index (χ3v) is 3.65. The number of carbonyl (C=O) groups excluding carboxylic acids is 1. The second-order valence-electron chi connectivity index (χ2n) is 4.97. The summed E-state index contributed by atoms with van der Waals surface area (Å²) < 4.78 is 0. The van der Waals surface area contributed by atoms with Crippen LogP contribution in [0.5, 0.6) is 0 Å². The summed E-state index contributed by atoms with van der Waals surface area (Å²) in [6.45, 7) is 10.4. The van der Waals surface area contributed by atoms with E-state index in [4.69, 9.17) is 0 Å². The number of carbonyl (C=O) groups is 1. The molecule has 2 aliphatic rings. The van der Waals surface area contributed by atoms with Crippen LogP contribution in [0.2, 0.25) is 0 Å². The van der Waals surface area contributed by atoms with Crippen LogP contribution in [0.3, 0.4) is 0 Å². The van der Waals surface area contributed by atoms with Gasteiger partial charge in [-0.25, -0.2) is 0 Å². The Bertz CT molecular complexity index is 282. The molecule has 0 spiro atoms. The number of hydrogen-bond acceptors (Lipinski definition) is 3. The maximum atomic E-state index is 12.4. The fourth-order valence-corrected chi connectivity index (χ4v) is 2.41. The Labute approximate surface area is 104 Å². The highest BCUT2D eigenvalue weighted by atomic mass is 16.2. The fourth-order valence-electron chi connectivity index (χ4n) is 2.41. The average Bonchev–Trinajstić information content (AvgIpc) is 3.19. The normalized spacial score (nSPS) is 23.1. The van der Waals surface area contributed by atoms with Crippen molar-refractivity contribution in [3.63, 3.8) is 0 Å². The average molecular weight is 237 g/mol. The van der Waals surface area contributed by atoms with E-state index in [1.54, 1.807) is 0 Å². The molecule has 0 aromatic heterocycles. The minimum atomic E-state index is 0.0117. The number of piperazine rings is 1. The molecule has 2 fully saturated rings. The van der Waals surface area contributed by atoms with E-state index in [0.29, 0.717) is 12.6 Å². The molecule has 1 saturated heterocycles. The number of nitrogens with zero attached hydrogens (tertiary/aromatic N) is 2. The Hall–Kier alpha value is -0.870. The highest BCUT2D eigenvalue weighted by molar-refractivity contribution is 5.82. The zero-order valence-corrected chi connectivity index (χ0v) is 10.7. The van der Waals surface area contributed by atoms with Crippen molar-refractivity contribution < 1.29 is 4.79 Å². The van der Waals surface area contributed by atoms with Crippen molar-refractivity contribution in [2.75, 3.05) is 32.7 Å². The third kappa shape index (κ3) is 3.07. The lowest BCUT2D eigenvalue weighted by atomic mass is 10.2. The SMILES string of the molecule is C=CCN(C(=O)C(C)N1CCNCC1)C1CC1. The van der Waals surface area contributed by atoms with Crippen LogP contribution in [0, 0.1) is 0 Å². The molecule has 0 radical (unpaired) electrons. The van der Waals surface area contributed by atoms with E-state index in [2.05, 4.69) is 16.8 Å². The standard InChI is InChI=1S/C13H23N3O/c1-3-8-16(12-4-5-12)13(17)11(2)15-9-6-14-7-10-15/h3,11-12,14H,1,4-10H2,2H3. The minimum Gasteiger partial charge on any atom is -0.335 e. The Balaban J connectivity index is 1.93. The lowest BCUT2D eigenvalue weighted by Gasteiger charge is -2.35. The highest BCUT2D eigenvalue weighted by Gasteiger charge is 2.35. The largest absolute Gasteiger partial charge is 0.335 e. The van der Waals surface area contributed by atoms with Crippen LogP contribution in [0.15, 0.2) is 12.7 Å². The second kappa shape index (κ2) is 5.65. The van der Waals surface area contributed by atoms with Crippen molar-refractivity contribution in [1.82, 2.24) is 15.1 Å². The van der Waals surface area contributed by atoms with Gasteiger partial charge in [-0.2, -0.15) is 0 Å². The highest BCUT2D eigenvalue weighted by Crippen LogP contribution is 2.27. The molecule has 17 heavy (non-hydrogen) atoms. The first-order valence-corrected chi connectivity index (χ1v) is 6.60. The van der Waals surface area contributed by atoms with Gasteiger partial charge in [0.1, 0.15) is 0 Å². The number of hydrogen-bond donors (Lipinski definition) is 1. The van der Waals surface area contributed by atoms with Crippen LogP contribution in [0.25, 0.3) is 0 Å². The Morgan fingerprint density at radius 2 is 2.18 bits per heavy atom. The van der Waals surface area contributed by atoms with Crippen molar-refractivity contribution in [2.45, 2.75) is 31.8 Å². The first kappa shape index (κ1) is 12.6. The summed E-state index contributed by atoms with van der Waals surface area (Å²) in [6.07, 6.45) is 4.16. The quantitative estimate of drug-likeness (QED) is 0.706. The van der Waals surface area contributed by atoms with Gasteiger partial charge in [-0.15, -0.1) is 6.58 Å². The molecule has 1 aliphatic carbocycles. The summed E-state index contributed by atoms with van der Waals surface area (Å²) >= 11 is 0. The van der Waals surface area contributed by atoms with E-state index in [9.17, 15) is 4.79 Å². The van der Waals surface area contributed by atoms with E-state index in [-0.39, 0.29) is 11.9 Å². The van der Waals surface area contributed by atoms with E-state index < -0.39 is 0 Å². The topological polar surface area (TPSA) is 35.6 Å². The number of amides is 1. The molecule has 2 rings (SSSR count). The van der Waals surface area contributed by atoms with Crippen LogP contribution in [0.4, 0.5) is 0 Å². The molecule has 1 aliphatic heterocycles. The Kier molecular flexibility index (Phi) is 4.18. The van der Waals surface area contributed by atoms with Crippen LogP contribution >= 0.6 is 0 Å². The summed E-state index contributed by atoms with van der Waals surface area (Å²) in [7, 11) is 0. The van der Waals surface area contributed by atoms with Gasteiger partial charge in [0.05, 0.1) is 6.04 Å². The van der Waals surface area contributed by atoms with Crippen molar-refractivity contribution in [3.05, 3.63) is 12.7 Å².